The normalized spacial score (nSPS) is 24.2. The molecule has 0 radical (unpaired) electrons. The first-order valence-electron chi connectivity index (χ1n) is 5.69. The van der Waals surface area contributed by atoms with Gasteiger partial charge in [-0.3, -0.25) is 4.79 Å². The summed E-state index contributed by atoms with van der Waals surface area (Å²) < 4.78 is 0. The number of hydrogen-bond donors (Lipinski definition) is 1. The third-order valence-electron chi connectivity index (χ3n) is 3.22. The fourth-order valence-corrected chi connectivity index (χ4v) is 2.32. The number of aliphatic carboxylic acids is 1. The van der Waals surface area contributed by atoms with Gasteiger partial charge in [-0.15, -0.1) is 0 Å². The lowest BCUT2D eigenvalue weighted by Crippen LogP contribution is -2.26. The maximum absolute atomic E-state index is 11.1. The molecule has 1 aromatic carbocycles. The Bertz CT molecular complexity index is 381. The topological polar surface area (TPSA) is 37.3 Å². The van der Waals surface area contributed by atoms with Crippen molar-refractivity contribution in [1.29, 1.82) is 0 Å². The first-order valence-corrected chi connectivity index (χ1v) is 5.69. The van der Waals surface area contributed by atoms with E-state index in [4.69, 9.17) is 5.11 Å². The molecule has 16 heavy (non-hydrogen) atoms. The number of carboxylic acid groups (broad SMARTS) is 1. The van der Waals surface area contributed by atoms with Gasteiger partial charge in [0.1, 0.15) is 0 Å². The predicted molar refractivity (Wildman–Crippen MR) is 63.1 cm³/mol. The van der Waals surface area contributed by atoms with E-state index >= 15 is 0 Å². The Morgan fingerprint density at radius 3 is 2.56 bits per heavy atom. The first kappa shape index (κ1) is 10.9. The van der Waals surface area contributed by atoms with Gasteiger partial charge in [0.05, 0.1) is 5.92 Å². The van der Waals surface area contributed by atoms with Crippen LogP contribution in [0, 0.1) is 11.8 Å². The molecule has 0 heterocycles. The molecule has 1 aliphatic carbocycles. The minimum Gasteiger partial charge on any atom is -0.481 e. The van der Waals surface area contributed by atoms with Gasteiger partial charge in [-0.1, -0.05) is 42.5 Å². The predicted octanol–water partition coefficient (Wildman–Crippen LogP) is 2.90. The summed E-state index contributed by atoms with van der Waals surface area (Å²) in [5.41, 5.74) is 1.23. The van der Waals surface area contributed by atoms with Gasteiger partial charge >= 0.3 is 5.97 Å². The van der Waals surface area contributed by atoms with Crippen LogP contribution in [-0.4, -0.2) is 11.1 Å². The zero-order valence-electron chi connectivity index (χ0n) is 9.17. The maximum atomic E-state index is 11.1. The Kier molecular flexibility index (Phi) is 3.40. The summed E-state index contributed by atoms with van der Waals surface area (Å²) >= 11 is 0. The molecule has 0 saturated heterocycles. The van der Waals surface area contributed by atoms with E-state index in [-0.39, 0.29) is 11.8 Å². The highest BCUT2D eigenvalue weighted by Gasteiger charge is 2.28. The zero-order valence-corrected chi connectivity index (χ0v) is 9.17. The average Bonchev–Trinajstić information content (AvgIpc) is 2.31. The van der Waals surface area contributed by atoms with Gasteiger partial charge in [-0.05, 0) is 30.7 Å². The minimum absolute atomic E-state index is 0.217. The van der Waals surface area contributed by atoms with Crippen LogP contribution in [0.25, 0.3) is 0 Å². The van der Waals surface area contributed by atoms with E-state index in [1.807, 2.05) is 24.3 Å². The second-order valence-corrected chi connectivity index (χ2v) is 4.34. The fourth-order valence-electron chi connectivity index (χ4n) is 2.32. The van der Waals surface area contributed by atoms with Crippen molar-refractivity contribution < 1.29 is 9.90 Å². The van der Waals surface area contributed by atoms with Crippen LogP contribution in [0.15, 0.2) is 42.5 Å². The molecule has 1 aliphatic rings. The summed E-state index contributed by atoms with van der Waals surface area (Å²) in [6.07, 6.45) is 6.51. The summed E-state index contributed by atoms with van der Waals surface area (Å²) in [6.45, 7) is 0. The van der Waals surface area contributed by atoms with Gasteiger partial charge in [-0.2, -0.15) is 0 Å². The molecule has 0 saturated carbocycles. The smallest absolute Gasteiger partial charge is 0.307 e. The Balaban J connectivity index is 2.08. The van der Waals surface area contributed by atoms with Crippen LogP contribution in [-0.2, 0) is 11.2 Å². The van der Waals surface area contributed by atoms with E-state index in [2.05, 4.69) is 18.2 Å². The van der Waals surface area contributed by atoms with Crippen molar-refractivity contribution in [3.8, 4) is 0 Å². The Morgan fingerprint density at radius 1 is 1.19 bits per heavy atom. The number of hydrogen-bond acceptors (Lipinski definition) is 1. The monoisotopic (exact) mass is 216 g/mol. The van der Waals surface area contributed by atoms with Crippen molar-refractivity contribution in [3.63, 3.8) is 0 Å². The van der Waals surface area contributed by atoms with Crippen molar-refractivity contribution in [1.82, 2.24) is 0 Å². The van der Waals surface area contributed by atoms with Gasteiger partial charge in [0, 0.05) is 0 Å². The third-order valence-corrected chi connectivity index (χ3v) is 3.22. The number of rotatable bonds is 3. The second kappa shape index (κ2) is 4.97. The van der Waals surface area contributed by atoms with E-state index in [9.17, 15) is 4.79 Å². The molecule has 2 atom stereocenters. The Morgan fingerprint density at radius 2 is 1.88 bits per heavy atom. The standard InChI is InChI=1S/C14H16O2/c15-14(16)13-9-5-4-8-12(13)10-11-6-2-1-3-7-11/h1-7,12-13H,8-10H2,(H,15,16)/t12-,13?/m0/s1. The highest BCUT2D eigenvalue weighted by molar-refractivity contribution is 5.71. The molecular formula is C14H16O2. The van der Waals surface area contributed by atoms with E-state index in [0.29, 0.717) is 6.42 Å². The fraction of sp³-hybridized carbons (Fsp3) is 0.357. The molecule has 2 heteroatoms. The molecule has 0 fully saturated rings. The summed E-state index contributed by atoms with van der Waals surface area (Å²) in [6, 6.07) is 10.1. The maximum Gasteiger partial charge on any atom is 0.307 e. The number of allylic oxidation sites excluding steroid dienone is 2. The molecule has 84 valence electrons. The van der Waals surface area contributed by atoms with Gasteiger partial charge in [-0.25, -0.2) is 0 Å². The largest absolute Gasteiger partial charge is 0.481 e. The number of carboxylic acids is 1. The molecule has 2 nitrogen and oxygen atoms in total. The summed E-state index contributed by atoms with van der Waals surface area (Å²) in [4.78, 5) is 11.1. The molecule has 0 spiro atoms. The zero-order chi connectivity index (χ0) is 11.4. The van der Waals surface area contributed by atoms with Crippen LogP contribution < -0.4 is 0 Å². The molecule has 1 unspecified atom stereocenters. The van der Waals surface area contributed by atoms with Crippen molar-refractivity contribution in [2.24, 2.45) is 11.8 Å². The van der Waals surface area contributed by atoms with E-state index in [1.165, 1.54) is 5.56 Å². The van der Waals surface area contributed by atoms with E-state index in [0.717, 1.165) is 12.8 Å². The third kappa shape index (κ3) is 2.51. The van der Waals surface area contributed by atoms with Crippen molar-refractivity contribution in [2.45, 2.75) is 19.3 Å². The SMILES string of the molecule is O=C(O)C1CC=CC[C@H]1Cc1ccccc1. The highest BCUT2D eigenvalue weighted by atomic mass is 16.4. The van der Waals surface area contributed by atoms with E-state index in [1.54, 1.807) is 0 Å². The lowest BCUT2D eigenvalue weighted by atomic mass is 9.79. The summed E-state index contributed by atoms with van der Waals surface area (Å²) in [7, 11) is 0. The van der Waals surface area contributed by atoms with Crippen LogP contribution in [0.4, 0.5) is 0 Å². The van der Waals surface area contributed by atoms with Crippen LogP contribution in [0.3, 0.4) is 0 Å². The van der Waals surface area contributed by atoms with Crippen molar-refractivity contribution >= 4 is 5.97 Å². The number of benzene rings is 1. The van der Waals surface area contributed by atoms with Gasteiger partial charge in [0.15, 0.2) is 0 Å². The molecular weight excluding hydrogens is 200 g/mol. The molecule has 0 aromatic heterocycles. The Hall–Kier alpha value is -1.57. The van der Waals surface area contributed by atoms with Crippen molar-refractivity contribution in [2.75, 3.05) is 0 Å². The van der Waals surface area contributed by atoms with Gasteiger partial charge < -0.3 is 5.11 Å². The second-order valence-electron chi connectivity index (χ2n) is 4.34. The van der Waals surface area contributed by atoms with Crippen LogP contribution in [0.2, 0.25) is 0 Å². The highest BCUT2D eigenvalue weighted by Crippen LogP contribution is 2.28. The molecule has 0 amide bonds. The van der Waals surface area contributed by atoms with Gasteiger partial charge in [0.25, 0.3) is 0 Å². The van der Waals surface area contributed by atoms with Crippen LogP contribution in [0.1, 0.15) is 18.4 Å². The minimum atomic E-state index is -0.662. The van der Waals surface area contributed by atoms with Gasteiger partial charge in [0.2, 0.25) is 0 Å². The quantitative estimate of drug-likeness (QED) is 0.789. The van der Waals surface area contributed by atoms with E-state index < -0.39 is 5.97 Å². The Labute approximate surface area is 95.6 Å². The molecule has 2 rings (SSSR count). The van der Waals surface area contributed by atoms with Crippen molar-refractivity contribution in [3.05, 3.63) is 48.0 Å². The van der Waals surface area contributed by atoms with Crippen LogP contribution >= 0.6 is 0 Å². The molecule has 0 aliphatic heterocycles. The molecule has 0 bridgehead atoms. The number of carbonyl (C=O) groups is 1. The summed E-state index contributed by atoms with van der Waals surface area (Å²) in [5, 5.41) is 9.15. The average molecular weight is 216 g/mol. The molecule has 1 aromatic rings. The molecule has 1 N–H and O–H groups in total. The lowest BCUT2D eigenvalue weighted by molar-refractivity contribution is -0.143. The van der Waals surface area contributed by atoms with Crippen LogP contribution in [0.5, 0.6) is 0 Å². The first-order chi connectivity index (χ1) is 7.77. The lowest BCUT2D eigenvalue weighted by Gasteiger charge is -2.25. The summed E-state index contributed by atoms with van der Waals surface area (Å²) in [5.74, 6) is -0.639.